The van der Waals surface area contributed by atoms with E-state index < -0.39 is 9.84 Å². The molecule has 0 radical (unpaired) electrons. The summed E-state index contributed by atoms with van der Waals surface area (Å²) in [6.45, 7) is 3.00. The molecule has 1 saturated carbocycles. The average molecular weight is 363 g/mol. The monoisotopic (exact) mass is 363 g/mol. The standard InChI is InChI=1S/C19H25NO4S/c1-13-2-4-14(5-3-13)16(15-6-7-15)10-19(21)20-8-9-24-18-12-25(22,23)11-17(18)20/h2-5,15-18H,6-12H2,1H3. The molecule has 3 fully saturated rings. The zero-order valence-electron chi connectivity index (χ0n) is 14.6. The second-order valence-corrected chi connectivity index (χ2v) is 9.85. The first-order chi connectivity index (χ1) is 11.9. The quantitative estimate of drug-likeness (QED) is 0.820. The summed E-state index contributed by atoms with van der Waals surface area (Å²) in [6.07, 6.45) is 2.48. The number of rotatable bonds is 4. The molecule has 4 rings (SSSR count). The van der Waals surface area contributed by atoms with Gasteiger partial charge in [0.2, 0.25) is 5.91 Å². The number of benzene rings is 1. The molecule has 136 valence electrons. The third-order valence-corrected chi connectivity index (χ3v) is 7.43. The Kier molecular flexibility index (Phi) is 4.36. The molecule has 5 nitrogen and oxygen atoms in total. The van der Waals surface area contributed by atoms with Gasteiger partial charge in [0.1, 0.15) is 0 Å². The smallest absolute Gasteiger partial charge is 0.223 e. The Bertz CT molecular complexity index is 754. The van der Waals surface area contributed by atoms with Crippen molar-refractivity contribution in [2.45, 2.75) is 44.2 Å². The number of amides is 1. The fraction of sp³-hybridized carbons (Fsp3) is 0.632. The van der Waals surface area contributed by atoms with E-state index >= 15 is 0 Å². The van der Waals surface area contributed by atoms with Crippen LogP contribution in [0.5, 0.6) is 0 Å². The van der Waals surface area contributed by atoms with Crippen molar-refractivity contribution in [3.63, 3.8) is 0 Å². The van der Waals surface area contributed by atoms with Crippen molar-refractivity contribution in [1.29, 1.82) is 0 Å². The number of nitrogens with zero attached hydrogens (tertiary/aromatic N) is 1. The molecular formula is C19H25NO4S. The topological polar surface area (TPSA) is 63.7 Å². The van der Waals surface area contributed by atoms with Crippen molar-refractivity contribution in [3.8, 4) is 0 Å². The van der Waals surface area contributed by atoms with E-state index in [0.717, 1.165) is 0 Å². The van der Waals surface area contributed by atoms with Crippen molar-refractivity contribution >= 4 is 15.7 Å². The largest absolute Gasteiger partial charge is 0.373 e. The van der Waals surface area contributed by atoms with Crippen LogP contribution in [-0.2, 0) is 19.4 Å². The van der Waals surface area contributed by atoms with Crippen LogP contribution in [0.2, 0.25) is 0 Å². The number of morpholine rings is 1. The van der Waals surface area contributed by atoms with Gasteiger partial charge in [-0.05, 0) is 37.2 Å². The molecule has 1 amide bonds. The molecule has 2 aliphatic heterocycles. The fourth-order valence-corrected chi connectivity index (χ4v) is 6.07. The Hall–Kier alpha value is -1.40. The second-order valence-electron chi connectivity index (χ2n) is 7.70. The zero-order valence-corrected chi connectivity index (χ0v) is 15.4. The SMILES string of the molecule is Cc1ccc(C(CC(=O)N2CCOC3CS(=O)(=O)CC32)C2CC2)cc1. The first-order valence-electron chi connectivity index (χ1n) is 9.11. The molecule has 0 aromatic heterocycles. The number of fused-ring (bicyclic) bond motifs is 1. The molecular weight excluding hydrogens is 338 g/mol. The van der Waals surface area contributed by atoms with Crippen LogP contribution in [0.25, 0.3) is 0 Å². The van der Waals surface area contributed by atoms with Crippen LogP contribution in [0, 0.1) is 12.8 Å². The van der Waals surface area contributed by atoms with E-state index in [-0.39, 0.29) is 35.5 Å². The molecule has 0 bridgehead atoms. The Balaban J connectivity index is 1.50. The summed E-state index contributed by atoms with van der Waals surface area (Å²) < 4.78 is 29.5. The van der Waals surface area contributed by atoms with E-state index in [0.29, 0.717) is 25.5 Å². The van der Waals surface area contributed by atoms with Crippen molar-refractivity contribution < 1.29 is 17.9 Å². The highest BCUT2D eigenvalue weighted by Crippen LogP contribution is 2.45. The maximum absolute atomic E-state index is 13.0. The summed E-state index contributed by atoms with van der Waals surface area (Å²) in [7, 11) is -3.10. The summed E-state index contributed by atoms with van der Waals surface area (Å²) in [5, 5.41) is 0. The molecule has 6 heteroatoms. The fourth-order valence-electron chi connectivity index (χ4n) is 4.20. The molecule has 0 N–H and O–H groups in total. The van der Waals surface area contributed by atoms with Crippen LogP contribution in [0.4, 0.5) is 0 Å². The Labute approximate surface area is 149 Å². The molecule has 3 aliphatic rings. The maximum Gasteiger partial charge on any atom is 0.223 e. The van der Waals surface area contributed by atoms with E-state index in [2.05, 4.69) is 31.2 Å². The first kappa shape index (κ1) is 17.0. The predicted molar refractivity (Wildman–Crippen MR) is 95.2 cm³/mol. The lowest BCUT2D eigenvalue weighted by atomic mass is 9.89. The van der Waals surface area contributed by atoms with Gasteiger partial charge >= 0.3 is 0 Å². The number of aryl methyl sites for hydroxylation is 1. The predicted octanol–water partition coefficient (Wildman–Crippen LogP) is 1.90. The maximum atomic E-state index is 13.0. The Morgan fingerprint density at radius 1 is 1.24 bits per heavy atom. The normalized spacial score (nSPS) is 29.2. The van der Waals surface area contributed by atoms with Crippen molar-refractivity contribution in [3.05, 3.63) is 35.4 Å². The van der Waals surface area contributed by atoms with Gasteiger partial charge in [0.05, 0.1) is 30.3 Å². The van der Waals surface area contributed by atoms with Crippen LogP contribution in [0.1, 0.15) is 36.3 Å². The lowest BCUT2D eigenvalue weighted by Crippen LogP contribution is -2.53. The molecule has 1 aromatic rings. The van der Waals surface area contributed by atoms with Gasteiger partial charge in [-0.1, -0.05) is 29.8 Å². The molecule has 25 heavy (non-hydrogen) atoms. The summed E-state index contributed by atoms with van der Waals surface area (Å²) in [5.74, 6) is 0.990. The highest BCUT2D eigenvalue weighted by molar-refractivity contribution is 7.91. The summed E-state index contributed by atoms with van der Waals surface area (Å²) >= 11 is 0. The number of hydrogen-bond donors (Lipinski definition) is 0. The van der Waals surface area contributed by atoms with E-state index in [1.54, 1.807) is 4.90 Å². The van der Waals surface area contributed by atoms with Gasteiger partial charge in [0, 0.05) is 13.0 Å². The van der Waals surface area contributed by atoms with Gasteiger partial charge in [0.25, 0.3) is 0 Å². The molecule has 0 spiro atoms. The summed E-state index contributed by atoms with van der Waals surface area (Å²) in [6, 6.07) is 8.17. The lowest BCUT2D eigenvalue weighted by molar-refractivity contribution is -0.143. The number of ether oxygens (including phenoxy) is 1. The van der Waals surface area contributed by atoms with E-state index in [4.69, 9.17) is 4.74 Å². The van der Waals surface area contributed by atoms with E-state index in [9.17, 15) is 13.2 Å². The van der Waals surface area contributed by atoms with Gasteiger partial charge in [-0.2, -0.15) is 0 Å². The van der Waals surface area contributed by atoms with Crippen LogP contribution in [0.3, 0.4) is 0 Å². The van der Waals surface area contributed by atoms with E-state index in [1.807, 2.05) is 0 Å². The van der Waals surface area contributed by atoms with Gasteiger partial charge in [-0.25, -0.2) is 8.42 Å². The number of carbonyl (C=O) groups excluding carboxylic acids is 1. The number of sulfone groups is 1. The molecule has 3 unspecified atom stereocenters. The Morgan fingerprint density at radius 3 is 2.64 bits per heavy atom. The minimum atomic E-state index is -3.10. The van der Waals surface area contributed by atoms with Crippen LogP contribution >= 0.6 is 0 Å². The number of carbonyl (C=O) groups is 1. The minimum absolute atomic E-state index is 0.0437. The summed E-state index contributed by atoms with van der Waals surface area (Å²) in [5.41, 5.74) is 2.45. The highest BCUT2D eigenvalue weighted by atomic mass is 32.2. The molecule has 2 saturated heterocycles. The molecule has 3 atom stereocenters. The van der Waals surface area contributed by atoms with Crippen molar-refractivity contribution in [1.82, 2.24) is 4.90 Å². The van der Waals surface area contributed by atoms with Crippen LogP contribution in [0.15, 0.2) is 24.3 Å². The van der Waals surface area contributed by atoms with Gasteiger partial charge < -0.3 is 9.64 Å². The molecule has 1 aliphatic carbocycles. The van der Waals surface area contributed by atoms with Gasteiger partial charge in [-0.15, -0.1) is 0 Å². The van der Waals surface area contributed by atoms with Crippen LogP contribution in [-0.4, -0.2) is 56.0 Å². The minimum Gasteiger partial charge on any atom is -0.373 e. The lowest BCUT2D eigenvalue weighted by Gasteiger charge is -2.37. The third-order valence-electron chi connectivity index (χ3n) is 5.75. The molecule has 2 heterocycles. The second kappa shape index (κ2) is 6.40. The summed E-state index contributed by atoms with van der Waals surface area (Å²) in [4.78, 5) is 14.8. The zero-order chi connectivity index (χ0) is 17.6. The molecule has 1 aromatic carbocycles. The Morgan fingerprint density at radius 2 is 1.96 bits per heavy atom. The van der Waals surface area contributed by atoms with Crippen molar-refractivity contribution in [2.75, 3.05) is 24.7 Å². The number of hydrogen-bond acceptors (Lipinski definition) is 4. The van der Waals surface area contributed by atoms with Gasteiger partial charge in [-0.3, -0.25) is 4.79 Å². The van der Waals surface area contributed by atoms with E-state index in [1.165, 1.54) is 24.0 Å². The highest BCUT2D eigenvalue weighted by Gasteiger charge is 2.46. The van der Waals surface area contributed by atoms with Crippen LogP contribution < -0.4 is 0 Å². The first-order valence-corrected chi connectivity index (χ1v) is 10.9. The average Bonchev–Trinajstić information content (AvgIpc) is 3.34. The third kappa shape index (κ3) is 3.60. The van der Waals surface area contributed by atoms with Gasteiger partial charge in [0.15, 0.2) is 9.84 Å². The van der Waals surface area contributed by atoms with Crippen molar-refractivity contribution in [2.24, 2.45) is 5.92 Å².